The molecule has 0 atom stereocenters. The molecule has 0 aliphatic carbocycles. The van der Waals surface area contributed by atoms with Crippen LogP contribution in [-0.2, 0) is 0 Å². The number of H-pyrrole nitrogens is 1. The van der Waals surface area contributed by atoms with E-state index in [1.54, 1.807) is 10.8 Å². The second-order valence-corrected chi connectivity index (χ2v) is 8.34. The second-order valence-electron chi connectivity index (χ2n) is 6.51. The number of allylic oxidation sites excluding steroid dienone is 1. The van der Waals surface area contributed by atoms with Crippen molar-refractivity contribution in [3.63, 3.8) is 0 Å². The summed E-state index contributed by atoms with van der Waals surface area (Å²) in [7, 11) is 0. The normalized spacial score (nSPS) is 11.4. The van der Waals surface area contributed by atoms with Crippen LogP contribution in [0, 0.1) is 6.92 Å². The lowest BCUT2D eigenvalue weighted by Crippen LogP contribution is -2.10. The van der Waals surface area contributed by atoms with E-state index in [2.05, 4.69) is 41.9 Å². The van der Waals surface area contributed by atoms with Gasteiger partial charge in [-0.15, -0.1) is 0 Å². The predicted molar refractivity (Wildman–Crippen MR) is 122 cm³/mol. The number of halogens is 2. The van der Waals surface area contributed by atoms with Gasteiger partial charge in [-0.25, -0.2) is 4.68 Å². The van der Waals surface area contributed by atoms with Gasteiger partial charge in [0.2, 0.25) is 0 Å². The van der Waals surface area contributed by atoms with Crippen molar-refractivity contribution in [2.24, 2.45) is 0 Å². The summed E-state index contributed by atoms with van der Waals surface area (Å²) in [6, 6.07) is 14.8. The van der Waals surface area contributed by atoms with Gasteiger partial charge >= 0.3 is 0 Å². The molecule has 2 aromatic heterocycles. The lowest BCUT2D eigenvalue weighted by molar-refractivity contribution is 0.104. The third-order valence-corrected chi connectivity index (χ3v) is 5.61. The SMILES string of the molecule is Cc1c(C(=O)/C=C/c2ccc(Br)cc2)cnn1-c1cc(=O)[nH]c2ccc(Br)cc12. The highest BCUT2D eigenvalue weighted by molar-refractivity contribution is 9.10. The van der Waals surface area contributed by atoms with Crippen LogP contribution >= 0.6 is 31.9 Å². The van der Waals surface area contributed by atoms with Crippen LogP contribution in [0.1, 0.15) is 21.6 Å². The highest BCUT2D eigenvalue weighted by Gasteiger charge is 2.15. The van der Waals surface area contributed by atoms with E-state index in [4.69, 9.17) is 0 Å². The molecule has 1 N–H and O–H groups in total. The quantitative estimate of drug-likeness (QED) is 0.292. The van der Waals surface area contributed by atoms with Crippen molar-refractivity contribution in [2.45, 2.75) is 6.92 Å². The number of carbonyl (C=O) groups excluding carboxylic acids is 1. The first-order chi connectivity index (χ1) is 13.9. The fraction of sp³-hybridized carbons (Fsp3) is 0.0455. The fourth-order valence-corrected chi connectivity index (χ4v) is 3.74. The van der Waals surface area contributed by atoms with E-state index in [1.165, 1.54) is 18.3 Å². The Hall–Kier alpha value is -2.77. The Bertz CT molecular complexity index is 1320. The van der Waals surface area contributed by atoms with Crippen LogP contribution in [0.5, 0.6) is 0 Å². The zero-order chi connectivity index (χ0) is 20.5. The average Bonchev–Trinajstić information content (AvgIpc) is 3.08. The molecule has 0 bridgehead atoms. The van der Waals surface area contributed by atoms with Crippen LogP contribution in [0.2, 0.25) is 0 Å². The van der Waals surface area contributed by atoms with Crippen molar-refractivity contribution in [3.05, 3.63) is 96.9 Å². The zero-order valence-electron chi connectivity index (χ0n) is 15.3. The maximum absolute atomic E-state index is 12.7. The molecule has 144 valence electrons. The average molecular weight is 513 g/mol. The molecular formula is C22H15Br2N3O2. The van der Waals surface area contributed by atoms with Gasteiger partial charge in [0.15, 0.2) is 5.78 Å². The van der Waals surface area contributed by atoms with Gasteiger partial charge in [-0.05, 0) is 48.9 Å². The number of rotatable bonds is 4. The van der Waals surface area contributed by atoms with E-state index in [1.807, 2.05) is 49.4 Å². The van der Waals surface area contributed by atoms with Crippen molar-refractivity contribution >= 4 is 54.6 Å². The lowest BCUT2D eigenvalue weighted by atomic mass is 10.1. The highest BCUT2D eigenvalue weighted by atomic mass is 79.9. The molecule has 7 heteroatoms. The summed E-state index contributed by atoms with van der Waals surface area (Å²) in [5.74, 6) is -0.146. The number of ketones is 1. The monoisotopic (exact) mass is 511 g/mol. The predicted octanol–water partition coefficient (Wildman–Crippen LogP) is 5.44. The van der Waals surface area contributed by atoms with Gasteiger partial charge in [-0.2, -0.15) is 5.10 Å². The van der Waals surface area contributed by atoms with Gasteiger partial charge < -0.3 is 4.98 Å². The van der Waals surface area contributed by atoms with Crippen LogP contribution in [-0.4, -0.2) is 20.5 Å². The number of carbonyl (C=O) groups is 1. The third-order valence-electron chi connectivity index (χ3n) is 4.58. The number of fused-ring (bicyclic) bond motifs is 1. The summed E-state index contributed by atoms with van der Waals surface area (Å²) >= 11 is 6.86. The smallest absolute Gasteiger partial charge is 0.250 e. The van der Waals surface area contributed by atoms with E-state index >= 15 is 0 Å². The molecule has 0 aliphatic heterocycles. The minimum atomic E-state index is -0.229. The van der Waals surface area contributed by atoms with Crippen LogP contribution in [0.15, 0.2) is 74.5 Å². The Kier molecular flexibility index (Phi) is 5.34. The molecule has 0 amide bonds. The molecule has 0 fully saturated rings. The van der Waals surface area contributed by atoms with Crippen LogP contribution < -0.4 is 5.56 Å². The van der Waals surface area contributed by atoms with Crippen LogP contribution in [0.25, 0.3) is 22.7 Å². The summed E-state index contributed by atoms with van der Waals surface area (Å²) in [5.41, 5.74) is 3.18. The second kappa shape index (κ2) is 7.93. The van der Waals surface area contributed by atoms with Gasteiger partial charge in [0.1, 0.15) is 0 Å². The minimum Gasteiger partial charge on any atom is -0.322 e. The Balaban J connectivity index is 1.73. The molecule has 29 heavy (non-hydrogen) atoms. The largest absolute Gasteiger partial charge is 0.322 e. The van der Waals surface area contributed by atoms with Gasteiger partial charge in [0.25, 0.3) is 5.56 Å². The molecule has 0 saturated carbocycles. The first-order valence-corrected chi connectivity index (χ1v) is 10.4. The Morgan fingerprint density at radius 2 is 1.79 bits per heavy atom. The van der Waals surface area contributed by atoms with Crippen molar-refractivity contribution in [3.8, 4) is 5.69 Å². The van der Waals surface area contributed by atoms with Crippen molar-refractivity contribution in [1.29, 1.82) is 0 Å². The topological polar surface area (TPSA) is 67.8 Å². The van der Waals surface area contributed by atoms with Crippen molar-refractivity contribution in [1.82, 2.24) is 14.8 Å². The summed E-state index contributed by atoms with van der Waals surface area (Å²) in [5, 5.41) is 5.21. The molecule has 2 aromatic carbocycles. The fourth-order valence-electron chi connectivity index (χ4n) is 3.11. The number of hydrogen-bond acceptors (Lipinski definition) is 3. The maximum Gasteiger partial charge on any atom is 0.250 e. The summed E-state index contributed by atoms with van der Waals surface area (Å²) < 4.78 is 3.50. The van der Waals surface area contributed by atoms with Crippen molar-refractivity contribution in [2.75, 3.05) is 0 Å². The van der Waals surface area contributed by atoms with E-state index in [-0.39, 0.29) is 11.3 Å². The van der Waals surface area contributed by atoms with Crippen LogP contribution in [0.4, 0.5) is 0 Å². The summed E-state index contributed by atoms with van der Waals surface area (Å²) in [6.07, 6.45) is 4.84. The minimum absolute atomic E-state index is 0.146. The molecule has 4 rings (SSSR count). The molecule has 0 unspecified atom stereocenters. The first-order valence-electron chi connectivity index (χ1n) is 8.78. The van der Waals surface area contributed by atoms with E-state index in [0.717, 1.165) is 19.9 Å². The van der Waals surface area contributed by atoms with Crippen LogP contribution in [0.3, 0.4) is 0 Å². The van der Waals surface area contributed by atoms with E-state index in [9.17, 15) is 9.59 Å². The van der Waals surface area contributed by atoms with Gasteiger partial charge in [0, 0.05) is 20.4 Å². The van der Waals surface area contributed by atoms with Gasteiger partial charge in [-0.1, -0.05) is 50.1 Å². The number of hydrogen-bond donors (Lipinski definition) is 1. The lowest BCUT2D eigenvalue weighted by Gasteiger charge is -2.09. The van der Waals surface area contributed by atoms with Gasteiger partial charge in [-0.3, -0.25) is 9.59 Å². The molecule has 2 heterocycles. The number of aromatic amines is 1. The van der Waals surface area contributed by atoms with Gasteiger partial charge in [0.05, 0.1) is 28.7 Å². The standard InChI is InChI=1S/C22H15Br2N3O2/c1-13-18(21(28)9-4-14-2-5-15(23)6-3-14)12-25-27(13)20-11-22(29)26-19-8-7-16(24)10-17(19)20/h2-12H,1H3,(H,26,29)/b9-4+. The zero-order valence-corrected chi connectivity index (χ0v) is 18.5. The Labute approximate surface area is 183 Å². The third kappa shape index (κ3) is 4.02. The number of pyridine rings is 1. The number of nitrogens with zero attached hydrogens (tertiary/aromatic N) is 2. The Morgan fingerprint density at radius 3 is 2.55 bits per heavy atom. The molecule has 5 nitrogen and oxygen atoms in total. The Morgan fingerprint density at radius 1 is 1.07 bits per heavy atom. The molecular weight excluding hydrogens is 498 g/mol. The summed E-state index contributed by atoms with van der Waals surface area (Å²) in [6.45, 7) is 1.82. The number of aromatic nitrogens is 3. The molecule has 4 aromatic rings. The van der Waals surface area contributed by atoms with E-state index < -0.39 is 0 Å². The molecule has 0 spiro atoms. The summed E-state index contributed by atoms with van der Waals surface area (Å²) in [4.78, 5) is 27.6. The van der Waals surface area contributed by atoms with Crippen molar-refractivity contribution < 1.29 is 4.79 Å². The van der Waals surface area contributed by atoms with E-state index in [0.29, 0.717) is 22.5 Å². The number of benzene rings is 2. The molecule has 0 radical (unpaired) electrons. The first kappa shape index (κ1) is 19.5. The number of nitrogens with one attached hydrogen (secondary N) is 1. The molecule has 0 aliphatic rings. The highest BCUT2D eigenvalue weighted by Crippen LogP contribution is 2.25. The molecule has 0 saturated heterocycles. The maximum atomic E-state index is 12.7.